The molecule has 0 N–H and O–H groups in total. The summed E-state index contributed by atoms with van der Waals surface area (Å²) in [6.45, 7) is 0. The fourth-order valence-electron chi connectivity index (χ4n) is 8.51. The van der Waals surface area contributed by atoms with E-state index in [4.69, 9.17) is 0 Å². The molecule has 0 aromatic heterocycles. The van der Waals surface area contributed by atoms with Crippen LogP contribution in [0.1, 0.15) is 0 Å². The third kappa shape index (κ3) is 4.06. The van der Waals surface area contributed by atoms with Crippen molar-refractivity contribution in [3.05, 3.63) is 182 Å². The number of hydrogen-bond acceptors (Lipinski definition) is 0. The van der Waals surface area contributed by atoms with Gasteiger partial charge in [-0.2, -0.15) is 0 Å². The van der Waals surface area contributed by atoms with Crippen LogP contribution in [-0.2, 0) is 0 Å². The highest BCUT2D eigenvalue weighted by Crippen LogP contribution is 2.40. The molecule has 11 aromatic rings. The van der Waals surface area contributed by atoms with Crippen molar-refractivity contribution in [3.63, 3.8) is 0 Å². The van der Waals surface area contributed by atoms with Crippen molar-refractivity contribution in [3.8, 4) is 22.3 Å². The van der Waals surface area contributed by atoms with E-state index in [0.29, 0.717) is 0 Å². The van der Waals surface area contributed by atoms with Crippen LogP contribution in [0.3, 0.4) is 0 Å². The van der Waals surface area contributed by atoms with Crippen molar-refractivity contribution in [1.82, 2.24) is 0 Å². The molecule has 0 bridgehead atoms. The second-order valence-electron chi connectivity index (χ2n) is 13.7. The molecule has 0 heteroatoms. The molecule has 0 nitrogen and oxygen atoms in total. The van der Waals surface area contributed by atoms with Crippen molar-refractivity contribution in [2.45, 2.75) is 0 Å². The molecule has 0 unspecified atom stereocenters. The monoisotopic (exact) mass is 630 g/mol. The fourth-order valence-corrected chi connectivity index (χ4v) is 8.51. The van der Waals surface area contributed by atoms with Gasteiger partial charge in [0.15, 0.2) is 0 Å². The van der Waals surface area contributed by atoms with Crippen LogP contribution < -0.4 is 0 Å². The van der Waals surface area contributed by atoms with Gasteiger partial charge in [-0.3, -0.25) is 0 Å². The van der Waals surface area contributed by atoms with E-state index >= 15 is 0 Å². The molecular weight excluding hydrogens is 601 g/mol. The molecule has 11 aromatic carbocycles. The molecule has 0 heterocycles. The van der Waals surface area contributed by atoms with E-state index in [1.165, 1.54) is 108 Å². The minimum absolute atomic E-state index is 1.24. The van der Waals surface area contributed by atoms with Gasteiger partial charge in [0.2, 0.25) is 0 Å². The molecule has 230 valence electrons. The highest BCUT2D eigenvalue weighted by atomic mass is 14.2. The Balaban J connectivity index is 1.08. The van der Waals surface area contributed by atoms with Gasteiger partial charge in [-0.25, -0.2) is 0 Å². The van der Waals surface area contributed by atoms with Crippen molar-refractivity contribution in [1.29, 1.82) is 0 Å². The normalized spacial score (nSPS) is 12.0. The Morgan fingerprint density at radius 3 is 1.08 bits per heavy atom. The zero-order chi connectivity index (χ0) is 32.8. The van der Waals surface area contributed by atoms with Crippen molar-refractivity contribution < 1.29 is 0 Å². The predicted octanol–water partition coefficient (Wildman–Crippen LogP) is 14.2. The van der Waals surface area contributed by atoms with Crippen molar-refractivity contribution in [2.24, 2.45) is 0 Å². The van der Waals surface area contributed by atoms with Gasteiger partial charge in [-0.05, 0) is 133 Å². The fraction of sp³-hybridized carbons (Fsp3) is 0. The summed E-state index contributed by atoms with van der Waals surface area (Å²) in [5.74, 6) is 0. The second-order valence-corrected chi connectivity index (χ2v) is 13.7. The third-order valence-electron chi connectivity index (χ3n) is 11.0. The zero-order valence-corrected chi connectivity index (χ0v) is 27.3. The van der Waals surface area contributed by atoms with E-state index in [9.17, 15) is 0 Å². The number of fused-ring (bicyclic) bond motifs is 14. The lowest BCUT2D eigenvalue weighted by Gasteiger charge is -2.14. The van der Waals surface area contributed by atoms with E-state index in [1.54, 1.807) is 0 Å². The van der Waals surface area contributed by atoms with Crippen molar-refractivity contribution >= 4 is 86.2 Å². The number of hydrogen-bond donors (Lipinski definition) is 0. The summed E-state index contributed by atoms with van der Waals surface area (Å²) in [4.78, 5) is 0. The molecule has 0 saturated heterocycles. The topological polar surface area (TPSA) is 0 Å². The lowest BCUT2D eigenvalue weighted by atomic mass is 9.89. The Bertz CT molecular complexity index is 3180. The summed E-state index contributed by atoms with van der Waals surface area (Å²) < 4.78 is 0. The van der Waals surface area contributed by atoms with Gasteiger partial charge in [0.1, 0.15) is 0 Å². The molecule has 0 fully saturated rings. The average molecular weight is 631 g/mol. The Labute approximate surface area is 289 Å². The van der Waals surface area contributed by atoms with Gasteiger partial charge in [0.05, 0.1) is 0 Å². The third-order valence-corrected chi connectivity index (χ3v) is 11.0. The first kappa shape index (κ1) is 27.5. The Morgan fingerprint density at radius 1 is 0.160 bits per heavy atom. The first-order chi connectivity index (χ1) is 24.8. The van der Waals surface area contributed by atoms with Gasteiger partial charge >= 0.3 is 0 Å². The van der Waals surface area contributed by atoms with Crippen LogP contribution >= 0.6 is 0 Å². The molecule has 50 heavy (non-hydrogen) atoms. The van der Waals surface area contributed by atoms with E-state index in [-0.39, 0.29) is 0 Å². The largest absolute Gasteiger partial charge is 0.0616 e. The highest BCUT2D eigenvalue weighted by molar-refractivity contribution is 6.26. The minimum Gasteiger partial charge on any atom is -0.0616 e. The quantitative estimate of drug-likeness (QED) is 0.167. The summed E-state index contributed by atoms with van der Waals surface area (Å²) >= 11 is 0. The molecule has 0 radical (unpaired) electrons. The van der Waals surface area contributed by atoms with E-state index in [2.05, 4.69) is 182 Å². The lowest BCUT2D eigenvalue weighted by molar-refractivity contribution is 1.68. The summed E-state index contributed by atoms with van der Waals surface area (Å²) in [6.07, 6.45) is 0. The molecule has 0 atom stereocenters. The second kappa shape index (κ2) is 10.5. The van der Waals surface area contributed by atoms with E-state index < -0.39 is 0 Å². The SMILES string of the molecule is c1ccc2c(c1)ccc1cc(-c3ccc4c5ccc(-c6ccc7ccc8c9ccccc9ccc8c7c6)cc5c5ccccc5c4c3)ccc12. The van der Waals surface area contributed by atoms with Crippen LogP contribution in [0.5, 0.6) is 0 Å². The number of rotatable bonds is 2. The average Bonchev–Trinajstić information content (AvgIpc) is 3.19. The van der Waals surface area contributed by atoms with Gasteiger partial charge in [-0.15, -0.1) is 0 Å². The summed E-state index contributed by atoms with van der Waals surface area (Å²) in [7, 11) is 0. The van der Waals surface area contributed by atoms with Crippen LogP contribution in [-0.4, -0.2) is 0 Å². The molecule has 0 aliphatic rings. The molecule has 0 amide bonds. The summed E-state index contributed by atoms with van der Waals surface area (Å²) in [6, 6.07) is 67.7. The summed E-state index contributed by atoms with van der Waals surface area (Å²) in [5, 5.41) is 20.6. The Morgan fingerprint density at radius 2 is 0.460 bits per heavy atom. The van der Waals surface area contributed by atoms with Crippen LogP contribution in [0.15, 0.2) is 182 Å². The predicted molar refractivity (Wildman–Crippen MR) is 217 cm³/mol. The van der Waals surface area contributed by atoms with Gasteiger partial charge in [-0.1, -0.05) is 158 Å². The summed E-state index contributed by atoms with van der Waals surface area (Å²) in [5.41, 5.74) is 4.96. The van der Waals surface area contributed by atoms with Crippen LogP contribution in [0.2, 0.25) is 0 Å². The van der Waals surface area contributed by atoms with Crippen LogP contribution in [0.25, 0.3) is 108 Å². The first-order valence-electron chi connectivity index (χ1n) is 17.4. The highest BCUT2D eigenvalue weighted by Gasteiger charge is 2.13. The Hall–Kier alpha value is -6.50. The molecule has 0 spiro atoms. The maximum Gasteiger partial charge on any atom is -0.00928 e. The van der Waals surface area contributed by atoms with Gasteiger partial charge in [0, 0.05) is 0 Å². The maximum absolute atomic E-state index is 2.40. The Kier molecular flexibility index (Phi) is 5.76. The lowest BCUT2D eigenvalue weighted by Crippen LogP contribution is -1.87. The smallest absolute Gasteiger partial charge is 0.00928 e. The minimum atomic E-state index is 1.24. The number of benzene rings is 11. The molecule has 11 rings (SSSR count). The maximum atomic E-state index is 2.40. The first-order valence-corrected chi connectivity index (χ1v) is 17.4. The van der Waals surface area contributed by atoms with Crippen LogP contribution in [0, 0.1) is 0 Å². The van der Waals surface area contributed by atoms with Crippen molar-refractivity contribution in [2.75, 3.05) is 0 Å². The molecule has 0 saturated carbocycles. The molecule has 0 aliphatic heterocycles. The van der Waals surface area contributed by atoms with E-state index in [1.807, 2.05) is 0 Å². The molecular formula is C50H30. The standard InChI is InChI=1S/C50H30/c1-3-9-39-31(7-1)14-16-38-27-34(19-22-41(38)39)36-20-25-46-47-26-21-37(30-50(47)43-12-6-5-11-42(43)49(46)29-36)35-15-13-33-18-23-44-40-10-4-2-8-32(40)17-24-45(44)48(33)28-35/h1-30H. The van der Waals surface area contributed by atoms with Gasteiger partial charge < -0.3 is 0 Å². The zero-order valence-electron chi connectivity index (χ0n) is 27.3. The van der Waals surface area contributed by atoms with Crippen LogP contribution in [0.4, 0.5) is 0 Å². The molecule has 0 aliphatic carbocycles. The van der Waals surface area contributed by atoms with E-state index in [0.717, 1.165) is 0 Å². The van der Waals surface area contributed by atoms with Gasteiger partial charge in [0.25, 0.3) is 0 Å².